The van der Waals surface area contributed by atoms with Gasteiger partial charge >= 0.3 is 0 Å². The molecular weight excluding hydrogens is 348 g/mol. The van der Waals surface area contributed by atoms with Crippen molar-refractivity contribution >= 4 is 11.8 Å². The lowest BCUT2D eigenvalue weighted by Gasteiger charge is -2.12. The lowest BCUT2D eigenvalue weighted by Crippen LogP contribution is -2.20. The van der Waals surface area contributed by atoms with E-state index in [-0.39, 0.29) is 6.61 Å². The molecule has 1 N–H and O–H groups in total. The molecule has 136 valence electrons. The molecule has 0 fully saturated rings. The Morgan fingerprint density at radius 3 is 2.54 bits per heavy atom. The molecule has 0 bridgehead atoms. The molecular formula is C19H22N4O2S. The van der Waals surface area contributed by atoms with Gasteiger partial charge in [-0.2, -0.15) is 4.68 Å². The largest absolute Gasteiger partial charge is 0.491 e. The molecule has 3 rings (SSSR count). The van der Waals surface area contributed by atoms with E-state index < -0.39 is 6.10 Å². The minimum absolute atomic E-state index is 0.223. The molecule has 0 amide bonds. The van der Waals surface area contributed by atoms with Crippen LogP contribution in [-0.2, 0) is 0 Å². The van der Waals surface area contributed by atoms with Crippen LogP contribution < -0.4 is 4.74 Å². The SMILES string of the molecule is Cc1ccc(OC[C@@H](O)CSc2nnnn2-c2ccc(C)cc2C)cc1. The molecule has 26 heavy (non-hydrogen) atoms. The quantitative estimate of drug-likeness (QED) is 0.644. The van der Waals surface area contributed by atoms with Crippen LogP contribution in [0.4, 0.5) is 0 Å². The molecule has 0 unspecified atom stereocenters. The second-order valence-electron chi connectivity index (χ2n) is 6.25. The number of hydrogen-bond acceptors (Lipinski definition) is 6. The number of thioether (sulfide) groups is 1. The summed E-state index contributed by atoms with van der Waals surface area (Å²) in [5, 5.41) is 22.8. The van der Waals surface area contributed by atoms with Gasteiger partial charge in [0.1, 0.15) is 12.4 Å². The van der Waals surface area contributed by atoms with Crippen molar-refractivity contribution in [3.8, 4) is 11.4 Å². The van der Waals surface area contributed by atoms with Gasteiger partial charge in [-0.05, 0) is 55.0 Å². The fourth-order valence-electron chi connectivity index (χ4n) is 2.51. The van der Waals surface area contributed by atoms with Crippen molar-refractivity contribution in [3.05, 3.63) is 59.2 Å². The summed E-state index contributed by atoms with van der Waals surface area (Å²) in [6.07, 6.45) is -0.620. The van der Waals surface area contributed by atoms with Gasteiger partial charge in [0.15, 0.2) is 0 Å². The van der Waals surface area contributed by atoms with Crippen molar-refractivity contribution in [3.63, 3.8) is 0 Å². The molecule has 7 heteroatoms. The highest BCUT2D eigenvalue weighted by Gasteiger charge is 2.14. The number of benzene rings is 2. The number of aryl methyl sites for hydroxylation is 3. The fourth-order valence-corrected chi connectivity index (χ4v) is 3.30. The molecule has 1 heterocycles. The summed E-state index contributed by atoms with van der Waals surface area (Å²) in [5.41, 5.74) is 4.40. The van der Waals surface area contributed by atoms with Gasteiger partial charge in [0.2, 0.25) is 5.16 Å². The van der Waals surface area contributed by atoms with Crippen molar-refractivity contribution in [2.24, 2.45) is 0 Å². The van der Waals surface area contributed by atoms with Gasteiger partial charge in [-0.3, -0.25) is 0 Å². The Kier molecular flexibility index (Phi) is 5.90. The number of ether oxygens (including phenoxy) is 1. The summed E-state index contributed by atoms with van der Waals surface area (Å²) in [5.74, 6) is 1.19. The number of aliphatic hydroxyl groups excluding tert-OH is 1. The van der Waals surface area contributed by atoms with Crippen LogP contribution in [0, 0.1) is 20.8 Å². The molecule has 3 aromatic rings. The Morgan fingerprint density at radius 1 is 1.08 bits per heavy atom. The van der Waals surface area contributed by atoms with Crippen LogP contribution in [0.1, 0.15) is 16.7 Å². The molecule has 1 atom stereocenters. The summed E-state index contributed by atoms with van der Waals surface area (Å²) in [6.45, 7) is 6.33. The monoisotopic (exact) mass is 370 g/mol. The van der Waals surface area contributed by atoms with Gasteiger partial charge in [-0.1, -0.05) is 47.2 Å². The summed E-state index contributed by atoms with van der Waals surface area (Å²) in [7, 11) is 0. The lowest BCUT2D eigenvalue weighted by atomic mass is 10.1. The second-order valence-corrected chi connectivity index (χ2v) is 7.24. The normalized spacial score (nSPS) is 12.2. The standard InChI is InChI=1S/C19H22N4O2S/c1-13-4-7-17(8-5-13)25-11-16(24)12-26-19-20-21-22-23(19)18-9-6-14(2)10-15(18)3/h4-10,16,24H,11-12H2,1-3H3/t16-/m1/s1. The van der Waals surface area contributed by atoms with Crippen LogP contribution in [0.2, 0.25) is 0 Å². The zero-order valence-electron chi connectivity index (χ0n) is 15.1. The van der Waals surface area contributed by atoms with Crippen molar-refractivity contribution in [1.29, 1.82) is 0 Å². The Bertz CT molecular complexity index is 864. The highest BCUT2D eigenvalue weighted by Crippen LogP contribution is 2.22. The lowest BCUT2D eigenvalue weighted by molar-refractivity contribution is 0.126. The van der Waals surface area contributed by atoms with Crippen LogP contribution in [0.3, 0.4) is 0 Å². The van der Waals surface area contributed by atoms with E-state index in [2.05, 4.69) is 28.5 Å². The highest BCUT2D eigenvalue weighted by molar-refractivity contribution is 7.99. The van der Waals surface area contributed by atoms with Gasteiger partial charge in [0.05, 0.1) is 11.8 Å². The topological polar surface area (TPSA) is 73.1 Å². The number of nitrogens with zero attached hydrogens (tertiary/aromatic N) is 4. The average Bonchev–Trinajstić information content (AvgIpc) is 3.08. The molecule has 0 radical (unpaired) electrons. The summed E-state index contributed by atoms with van der Waals surface area (Å²) < 4.78 is 7.32. The Morgan fingerprint density at radius 2 is 1.81 bits per heavy atom. The minimum Gasteiger partial charge on any atom is -0.491 e. The molecule has 0 aliphatic heterocycles. The smallest absolute Gasteiger partial charge is 0.214 e. The van der Waals surface area contributed by atoms with Gasteiger partial charge in [-0.15, -0.1) is 5.10 Å². The maximum atomic E-state index is 10.2. The number of rotatable bonds is 7. The summed E-state index contributed by atoms with van der Waals surface area (Å²) >= 11 is 1.40. The first-order chi connectivity index (χ1) is 12.5. The van der Waals surface area contributed by atoms with Crippen molar-refractivity contribution in [1.82, 2.24) is 20.2 Å². The van der Waals surface area contributed by atoms with Gasteiger partial charge < -0.3 is 9.84 Å². The van der Waals surface area contributed by atoms with E-state index in [1.807, 2.05) is 50.2 Å². The molecule has 0 aliphatic rings. The first-order valence-corrected chi connectivity index (χ1v) is 9.38. The third kappa shape index (κ3) is 4.62. The Labute approximate surface area is 157 Å². The van der Waals surface area contributed by atoms with E-state index in [0.717, 1.165) is 17.0 Å². The van der Waals surface area contributed by atoms with Crippen LogP contribution in [0.25, 0.3) is 5.69 Å². The summed E-state index contributed by atoms with van der Waals surface area (Å²) in [4.78, 5) is 0. The van der Waals surface area contributed by atoms with E-state index in [4.69, 9.17) is 4.74 Å². The number of aliphatic hydroxyl groups is 1. The fraction of sp³-hybridized carbons (Fsp3) is 0.316. The van der Waals surface area contributed by atoms with Crippen molar-refractivity contribution in [2.75, 3.05) is 12.4 Å². The minimum atomic E-state index is -0.620. The van der Waals surface area contributed by atoms with E-state index in [1.54, 1.807) is 4.68 Å². The predicted molar refractivity (Wildman–Crippen MR) is 102 cm³/mol. The zero-order chi connectivity index (χ0) is 18.5. The van der Waals surface area contributed by atoms with E-state index >= 15 is 0 Å². The average molecular weight is 370 g/mol. The maximum absolute atomic E-state index is 10.2. The molecule has 6 nitrogen and oxygen atoms in total. The third-order valence-electron chi connectivity index (χ3n) is 3.89. The Hall–Kier alpha value is -2.38. The van der Waals surface area contributed by atoms with E-state index in [9.17, 15) is 5.11 Å². The van der Waals surface area contributed by atoms with Gasteiger partial charge in [0.25, 0.3) is 0 Å². The van der Waals surface area contributed by atoms with Crippen LogP contribution in [0.5, 0.6) is 5.75 Å². The van der Waals surface area contributed by atoms with Crippen molar-refractivity contribution in [2.45, 2.75) is 32.0 Å². The number of tetrazole rings is 1. The van der Waals surface area contributed by atoms with Crippen LogP contribution in [0.15, 0.2) is 47.6 Å². The summed E-state index contributed by atoms with van der Waals surface area (Å²) in [6, 6.07) is 13.9. The molecule has 0 aliphatic carbocycles. The maximum Gasteiger partial charge on any atom is 0.214 e. The molecule has 0 saturated carbocycles. The first kappa shape index (κ1) is 18.4. The molecule has 0 saturated heterocycles. The molecule has 1 aromatic heterocycles. The Balaban J connectivity index is 1.58. The van der Waals surface area contributed by atoms with Gasteiger partial charge in [0, 0.05) is 5.75 Å². The second kappa shape index (κ2) is 8.33. The van der Waals surface area contributed by atoms with E-state index in [0.29, 0.717) is 10.9 Å². The predicted octanol–water partition coefficient (Wildman–Crippen LogP) is 3.12. The third-order valence-corrected chi connectivity index (χ3v) is 4.95. The van der Waals surface area contributed by atoms with Crippen molar-refractivity contribution < 1.29 is 9.84 Å². The van der Waals surface area contributed by atoms with Crippen LogP contribution in [-0.4, -0.2) is 43.8 Å². The first-order valence-electron chi connectivity index (χ1n) is 8.39. The highest BCUT2D eigenvalue weighted by atomic mass is 32.2. The number of aromatic nitrogens is 4. The molecule has 2 aromatic carbocycles. The number of hydrogen-bond donors (Lipinski definition) is 1. The van der Waals surface area contributed by atoms with E-state index in [1.165, 1.54) is 22.9 Å². The zero-order valence-corrected chi connectivity index (χ0v) is 15.9. The van der Waals surface area contributed by atoms with Gasteiger partial charge in [-0.25, -0.2) is 0 Å². The van der Waals surface area contributed by atoms with Crippen LogP contribution >= 0.6 is 11.8 Å². The molecule has 0 spiro atoms.